The lowest BCUT2D eigenvalue weighted by molar-refractivity contribution is 0.305. The minimum absolute atomic E-state index is 0.491. The first kappa shape index (κ1) is 11.9. The van der Waals surface area contributed by atoms with E-state index < -0.39 is 0 Å². The van der Waals surface area contributed by atoms with Crippen LogP contribution in [-0.4, -0.2) is 4.98 Å². The van der Waals surface area contributed by atoms with Crippen molar-refractivity contribution in [2.24, 2.45) is 0 Å². The molecule has 0 amide bonds. The molecule has 1 heterocycles. The highest BCUT2D eigenvalue weighted by Gasteiger charge is 2.00. The summed E-state index contributed by atoms with van der Waals surface area (Å²) in [5.74, 6) is 0.749. The van der Waals surface area contributed by atoms with Crippen LogP contribution in [0.4, 0.5) is 5.69 Å². The Balaban J connectivity index is 2.07. The van der Waals surface area contributed by atoms with Crippen LogP contribution in [0, 0.1) is 6.92 Å². The Morgan fingerprint density at radius 1 is 1.24 bits per heavy atom. The van der Waals surface area contributed by atoms with Gasteiger partial charge in [-0.05, 0) is 30.7 Å². The second-order valence-electron chi connectivity index (χ2n) is 3.88. The molecule has 0 bridgehead atoms. The van der Waals surface area contributed by atoms with E-state index in [0.717, 1.165) is 21.3 Å². The Labute approximate surface area is 109 Å². The van der Waals surface area contributed by atoms with Crippen molar-refractivity contribution < 1.29 is 4.74 Å². The molecule has 2 N–H and O–H groups in total. The van der Waals surface area contributed by atoms with Crippen molar-refractivity contribution in [2.45, 2.75) is 13.5 Å². The van der Waals surface area contributed by atoms with E-state index >= 15 is 0 Å². The summed E-state index contributed by atoms with van der Waals surface area (Å²) in [4.78, 5) is 4.12. The van der Waals surface area contributed by atoms with Crippen LogP contribution in [0.25, 0.3) is 0 Å². The van der Waals surface area contributed by atoms with E-state index in [1.165, 1.54) is 0 Å². The van der Waals surface area contributed by atoms with E-state index in [4.69, 9.17) is 10.5 Å². The van der Waals surface area contributed by atoms with Crippen LogP contribution in [0.15, 0.2) is 41.1 Å². The van der Waals surface area contributed by atoms with Crippen LogP contribution in [0.3, 0.4) is 0 Å². The quantitative estimate of drug-likeness (QED) is 0.883. The van der Waals surface area contributed by atoms with Gasteiger partial charge in [0.25, 0.3) is 0 Å². The van der Waals surface area contributed by atoms with Crippen molar-refractivity contribution in [2.75, 3.05) is 5.73 Å². The Morgan fingerprint density at radius 3 is 2.76 bits per heavy atom. The molecule has 1 aromatic carbocycles. The van der Waals surface area contributed by atoms with Gasteiger partial charge in [0.1, 0.15) is 12.4 Å². The summed E-state index contributed by atoms with van der Waals surface area (Å²) >= 11 is 3.38. The molecule has 2 rings (SSSR count). The third-order valence-corrected chi connectivity index (χ3v) is 2.69. The van der Waals surface area contributed by atoms with Crippen molar-refractivity contribution in [3.63, 3.8) is 0 Å². The maximum absolute atomic E-state index is 5.73. The standard InChI is InChI=1S/C13H13BrN2O/c1-9-2-10(7-16-6-9)8-17-13-4-11(14)3-12(15)5-13/h2-7H,8,15H2,1H3. The number of aromatic nitrogens is 1. The van der Waals surface area contributed by atoms with Gasteiger partial charge in [0.05, 0.1) is 0 Å². The fourth-order valence-corrected chi connectivity index (χ4v) is 2.02. The van der Waals surface area contributed by atoms with Crippen molar-refractivity contribution in [1.82, 2.24) is 4.98 Å². The molecule has 17 heavy (non-hydrogen) atoms. The van der Waals surface area contributed by atoms with Gasteiger partial charge in [-0.15, -0.1) is 0 Å². The number of nitrogen functional groups attached to an aromatic ring is 1. The monoisotopic (exact) mass is 292 g/mol. The van der Waals surface area contributed by atoms with Crippen LogP contribution in [0.1, 0.15) is 11.1 Å². The summed E-state index contributed by atoms with van der Waals surface area (Å²) in [5.41, 5.74) is 8.58. The summed E-state index contributed by atoms with van der Waals surface area (Å²) in [5, 5.41) is 0. The van der Waals surface area contributed by atoms with Gasteiger partial charge in [0, 0.05) is 34.2 Å². The molecule has 0 aliphatic carbocycles. The zero-order valence-corrected chi connectivity index (χ0v) is 11.1. The molecule has 0 spiro atoms. The Hall–Kier alpha value is -1.55. The molecule has 0 saturated heterocycles. The third kappa shape index (κ3) is 3.46. The van der Waals surface area contributed by atoms with E-state index in [1.54, 1.807) is 12.3 Å². The lowest BCUT2D eigenvalue weighted by Crippen LogP contribution is -1.97. The number of pyridine rings is 1. The third-order valence-electron chi connectivity index (χ3n) is 2.23. The zero-order chi connectivity index (χ0) is 12.3. The van der Waals surface area contributed by atoms with Crippen molar-refractivity contribution in [1.29, 1.82) is 0 Å². The number of hydrogen-bond acceptors (Lipinski definition) is 3. The first-order valence-corrected chi connectivity index (χ1v) is 6.02. The van der Waals surface area contributed by atoms with Crippen molar-refractivity contribution >= 4 is 21.6 Å². The number of benzene rings is 1. The Morgan fingerprint density at radius 2 is 2.06 bits per heavy atom. The molecular formula is C13H13BrN2O. The summed E-state index contributed by atoms with van der Waals surface area (Å²) in [6.45, 7) is 2.50. The maximum Gasteiger partial charge on any atom is 0.122 e. The first-order valence-electron chi connectivity index (χ1n) is 5.23. The van der Waals surface area contributed by atoms with Gasteiger partial charge in [-0.1, -0.05) is 15.9 Å². The van der Waals surface area contributed by atoms with Gasteiger partial charge in [-0.2, -0.15) is 0 Å². The number of nitrogens with two attached hydrogens (primary N) is 1. The molecule has 0 aliphatic heterocycles. The molecule has 0 aliphatic rings. The molecule has 0 saturated carbocycles. The number of rotatable bonds is 3. The van der Waals surface area contributed by atoms with Crippen LogP contribution in [0.2, 0.25) is 0 Å². The number of nitrogens with zero attached hydrogens (tertiary/aromatic N) is 1. The topological polar surface area (TPSA) is 48.1 Å². The lowest BCUT2D eigenvalue weighted by atomic mass is 10.2. The van der Waals surface area contributed by atoms with E-state index in [2.05, 4.69) is 20.9 Å². The van der Waals surface area contributed by atoms with Gasteiger partial charge in [-0.25, -0.2) is 0 Å². The number of hydrogen-bond donors (Lipinski definition) is 1. The largest absolute Gasteiger partial charge is 0.489 e. The molecular weight excluding hydrogens is 280 g/mol. The molecule has 0 unspecified atom stereocenters. The van der Waals surface area contributed by atoms with Crippen molar-refractivity contribution in [3.05, 3.63) is 52.3 Å². The first-order chi connectivity index (χ1) is 8.13. The SMILES string of the molecule is Cc1cncc(COc2cc(N)cc(Br)c2)c1. The number of ether oxygens (including phenoxy) is 1. The number of anilines is 1. The summed E-state index contributed by atoms with van der Waals surface area (Å²) in [6, 6.07) is 7.57. The van der Waals surface area contributed by atoms with E-state index in [-0.39, 0.29) is 0 Å². The molecule has 0 radical (unpaired) electrons. The molecule has 0 atom stereocenters. The minimum atomic E-state index is 0.491. The Bertz CT molecular complexity index is 508. The maximum atomic E-state index is 5.73. The van der Waals surface area contributed by atoms with Crippen LogP contribution >= 0.6 is 15.9 Å². The Kier molecular flexibility index (Phi) is 3.64. The molecule has 3 nitrogen and oxygen atoms in total. The van der Waals surface area contributed by atoms with Gasteiger partial charge in [0.2, 0.25) is 0 Å². The molecule has 4 heteroatoms. The lowest BCUT2D eigenvalue weighted by Gasteiger charge is -2.08. The summed E-state index contributed by atoms with van der Waals surface area (Å²) < 4.78 is 6.57. The number of aryl methyl sites for hydroxylation is 1. The van der Waals surface area contributed by atoms with Gasteiger partial charge >= 0.3 is 0 Å². The minimum Gasteiger partial charge on any atom is -0.489 e. The highest BCUT2D eigenvalue weighted by atomic mass is 79.9. The van der Waals surface area contributed by atoms with E-state index in [0.29, 0.717) is 12.3 Å². The van der Waals surface area contributed by atoms with Gasteiger partial charge in [-0.3, -0.25) is 4.98 Å². The smallest absolute Gasteiger partial charge is 0.122 e. The van der Waals surface area contributed by atoms with Crippen molar-refractivity contribution in [3.8, 4) is 5.75 Å². The summed E-state index contributed by atoms with van der Waals surface area (Å²) in [7, 11) is 0. The van der Waals surface area contributed by atoms with Crippen LogP contribution < -0.4 is 10.5 Å². The van der Waals surface area contributed by atoms with Gasteiger partial charge < -0.3 is 10.5 Å². The van der Waals surface area contributed by atoms with E-state index in [1.807, 2.05) is 31.3 Å². The molecule has 0 fully saturated rings. The van der Waals surface area contributed by atoms with Crippen LogP contribution in [-0.2, 0) is 6.61 Å². The normalized spacial score (nSPS) is 10.2. The second kappa shape index (κ2) is 5.19. The summed E-state index contributed by atoms with van der Waals surface area (Å²) in [6.07, 6.45) is 3.62. The van der Waals surface area contributed by atoms with Crippen LogP contribution in [0.5, 0.6) is 5.75 Å². The highest BCUT2D eigenvalue weighted by molar-refractivity contribution is 9.10. The zero-order valence-electron chi connectivity index (χ0n) is 9.48. The van der Waals surface area contributed by atoms with Gasteiger partial charge in [0.15, 0.2) is 0 Å². The molecule has 2 aromatic rings. The predicted octanol–water partition coefficient (Wildman–Crippen LogP) is 3.31. The number of halogens is 1. The average molecular weight is 293 g/mol. The predicted molar refractivity (Wildman–Crippen MR) is 71.9 cm³/mol. The molecule has 1 aromatic heterocycles. The fraction of sp³-hybridized carbons (Fsp3) is 0.154. The highest BCUT2D eigenvalue weighted by Crippen LogP contribution is 2.23. The van der Waals surface area contributed by atoms with E-state index in [9.17, 15) is 0 Å². The second-order valence-corrected chi connectivity index (χ2v) is 4.80. The average Bonchev–Trinajstić information content (AvgIpc) is 2.25. The fourth-order valence-electron chi connectivity index (χ4n) is 1.53. The molecule has 88 valence electrons.